The molecular formula is C17H20FN9O2. The number of nitrogens with one attached hydrogen (secondary N) is 4. The SMILES string of the molecule is N#Cc1cnc(Nc2cc(NCC3CNCCO3)c(C(=O)NCCF)nn2)cn1. The van der Waals surface area contributed by atoms with Crippen molar-refractivity contribution in [3.63, 3.8) is 0 Å². The second kappa shape index (κ2) is 10.2. The number of amides is 1. The molecule has 0 spiro atoms. The third-order valence-corrected chi connectivity index (χ3v) is 3.94. The van der Waals surface area contributed by atoms with Crippen LogP contribution in [-0.4, -0.2) is 71.6 Å². The van der Waals surface area contributed by atoms with E-state index in [1.165, 1.54) is 12.4 Å². The average molecular weight is 401 g/mol. The average Bonchev–Trinajstić information content (AvgIpc) is 2.77. The second-order valence-electron chi connectivity index (χ2n) is 6.04. The van der Waals surface area contributed by atoms with Crippen LogP contribution in [0.5, 0.6) is 0 Å². The molecule has 3 heterocycles. The zero-order valence-electron chi connectivity index (χ0n) is 15.5. The molecule has 0 radical (unpaired) electrons. The first-order valence-corrected chi connectivity index (χ1v) is 8.97. The van der Waals surface area contributed by atoms with E-state index in [2.05, 4.69) is 41.4 Å². The fourth-order valence-electron chi connectivity index (χ4n) is 2.56. The van der Waals surface area contributed by atoms with Gasteiger partial charge in [-0.2, -0.15) is 5.26 Å². The van der Waals surface area contributed by atoms with E-state index in [1.54, 1.807) is 6.07 Å². The number of ether oxygens (including phenoxy) is 1. The molecule has 152 valence electrons. The number of morpholine rings is 1. The maximum atomic E-state index is 12.4. The van der Waals surface area contributed by atoms with Crippen LogP contribution in [0.15, 0.2) is 18.5 Å². The van der Waals surface area contributed by atoms with Gasteiger partial charge in [-0.1, -0.05) is 0 Å². The fraction of sp³-hybridized carbons (Fsp3) is 0.412. The molecule has 4 N–H and O–H groups in total. The predicted molar refractivity (Wildman–Crippen MR) is 101 cm³/mol. The van der Waals surface area contributed by atoms with E-state index in [1.807, 2.05) is 6.07 Å². The summed E-state index contributed by atoms with van der Waals surface area (Å²) in [4.78, 5) is 20.3. The summed E-state index contributed by atoms with van der Waals surface area (Å²) in [6.07, 6.45) is 2.64. The number of alkyl halides is 1. The molecule has 1 aliphatic heterocycles. The predicted octanol–water partition coefficient (Wildman–Crippen LogP) is -0.0185. The van der Waals surface area contributed by atoms with Gasteiger partial charge in [-0.05, 0) is 0 Å². The molecule has 2 aromatic rings. The van der Waals surface area contributed by atoms with Crippen molar-refractivity contribution in [1.29, 1.82) is 5.26 Å². The summed E-state index contributed by atoms with van der Waals surface area (Å²) in [5.74, 6) is 0.139. The number of nitrogens with zero attached hydrogens (tertiary/aromatic N) is 5. The summed E-state index contributed by atoms with van der Waals surface area (Å²) in [7, 11) is 0. The minimum atomic E-state index is -0.680. The van der Waals surface area contributed by atoms with Crippen LogP contribution in [-0.2, 0) is 4.74 Å². The van der Waals surface area contributed by atoms with Crippen LogP contribution in [0.2, 0.25) is 0 Å². The molecule has 12 heteroatoms. The monoisotopic (exact) mass is 401 g/mol. The summed E-state index contributed by atoms with van der Waals surface area (Å²) in [6.45, 7) is 1.73. The Morgan fingerprint density at radius 2 is 2.24 bits per heavy atom. The molecule has 0 aliphatic carbocycles. The van der Waals surface area contributed by atoms with Gasteiger partial charge in [-0.25, -0.2) is 14.4 Å². The van der Waals surface area contributed by atoms with Crippen LogP contribution in [0.25, 0.3) is 0 Å². The molecule has 11 nitrogen and oxygen atoms in total. The molecule has 1 fully saturated rings. The maximum Gasteiger partial charge on any atom is 0.274 e. The number of aromatic nitrogens is 4. The lowest BCUT2D eigenvalue weighted by Crippen LogP contribution is -2.42. The minimum absolute atomic E-state index is 0.0404. The topological polar surface area (TPSA) is 150 Å². The Labute approximate surface area is 166 Å². The number of anilines is 3. The van der Waals surface area contributed by atoms with Crippen LogP contribution in [0.4, 0.5) is 21.7 Å². The number of carbonyl (C=O) groups excluding carboxylic acids is 1. The molecule has 3 rings (SSSR count). The van der Waals surface area contributed by atoms with E-state index in [9.17, 15) is 9.18 Å². The van der Waals surface area contributed by atoms with Gasteiger partial charge in [0.15, 0.2) is 17.2 Å². The zero-order valence-corrected chi connectivity index (χ0v) is 15.5. The van der Waals surface area contributed by atoms with Crippen molar-refractivity contribution in [2.24, 2.45) is 0 Å². The lowest BCUT2D eigenvalue weighted by atomic mass is 10.2. The Bertz CT molecular complexity index is 866. The number of halogens is 1. The standard InChI is InChI=1S/C17H20FN9O2/c18-1-2-21-17(28)16-13(23-9-12-8-20-3-4-29-12)5-14(26-27-16)25-15-10-22-11(6-19)7-24-15/h5,7,10,12,20H,1-4,8-9H2,(H,21,28)(H2,23,24,25,26). The van der Waals surface area contributed by atoms with Gasteiger partial charge in [0.05, 0.1) is 30.8 Å². The highest BCUT2D eigenvalue weighted by atomic mass is 19.1. The van der Waals surface area contributed by atoms with Crippen molar-refractivity contribution in [3.05, 3.63) is 29.8 Å². The molecule has 2 aromatic heterocycles. The van der Waals surface area contributed by atoms with Crippen LogP contribution in [0, 0.1) is 11.3 Å². The molecule has 0 bridgehead atoms. The van der Waals surface area contributed by atoms with E-state index < -0.39 is 12.6 Å². The Morgan fingerprint density at radius 1 is 1.34 bits per heavy atom. The molecule has 1 aliphatic rings. The first-order valence-electron chi connectivity index (χ1n) is 8.97. The molecule has 0 saturated carbocycles. The highest BCUT2D eigenvalue weighted by Crippen LogP contribution is 2.19. The van der Waals surface area contributed by atoms with Crippen molar-refractivity contribution in [1.82, 2.24) is 30.8 Å². The highest BCUT2D eigenvalue weighted by Gasteiger charge is 2.18. The van der Waals surface area contributed by atoms with Crippen LogP contribution < -0.4 is 21.3 Å². The van der Waals surface area contributed by atoms with E-state index in [4.69, 9.17) is 10.00 Å². The van der Waals surface area contributed by atoms with E-state index in [-0.39, 0.29) is 24.0 Å². The van der Waals surface area contributed by atoms with E-state index >= 15 is 0 Å². The molecular weight excluding hydrogens is 381 g/mol. The number of hydrogen-bond donors (Lipinski definition) is 4. The fourth-order valence-corrected chi connectivity index (χ4v) is 2.56. The largest absolute Gasteiger partial charge is 0.380 e. The van der Waals surface area contributed by atoms with Gasteiger partial charge in [0.1, 0.15) is 18.6 Å². The first-order chi connectivity index (χ1) is 14.2. The molecule has 1 saturated heterocycles. The number of rotatable bonds is 8. The van der Waals surface area contributed by atoms with E-state index in [0.29, 0.717) is 37.0 Å². The van der Waals surface area contributed by atoms with Crippen LogP contribution in [0.1, 0.15) is 16.2 Å². The van der Waals surface area contributed by atoms with Gasteiger partial charge >= 0.3 is 0 Å². The molecule has 0 aromatic carbocycles. The molecule has 29 heavy (non-hydrogen) atoms. The maximum absolute atomic E-state index is 12.4. The van der Waals surface area contributed by atoms with Crippen molar-refractivity contribution in [3.8, 4) is 6.07 Å². The molecule has 1 atom stereocenters. The van der Waals surface area contributed by atoms with Crippen LogP contribution in [0.3, 0.4) is 0 Å². The third kappa shape index (κ3) is 5.77. The van der Waals surface area contributed by atoms with Gasteiger partial charge in [0.25, 0.3) is 5.91 Å². The van der Waals surface area contributed by atoms with Gasteiger partial charge in [-0.15, -0.1) is 10.2 Å². The Hall–Kier alpha value is -3.43. The minimum Gasteiger partial charge on any atom is -0.380 e. The Balaban J connectivity index is 1.76. The van der Waals surface area contributed by atoms with Crippen molar-refractivity contribution < 1.29 is 13.9 Å². The number of hydrogen-bond acceptors (Lipinski definition) is 10. The Kier molecular flexibility index (Phi) is 7.15. The second-order valence-corrected chi connectivity index (χ2v) is 6.04. The van der Waals surface area contributed by atoms with Gasteiger partial charge in [0, 0.05) is 32.2 Å². The first kappa shape index (κ1) is 20.3. The van der Waals surface area contributed by atoms with Crippen molar-refractivity contribution >= 4 is 23.2 Å². The van der Waals surface area contributed by atoms with Crippen molar-refractivity contribution in [2.45, 2.75) is 6.10 Å². The number of carbonyl (C=O) groups is 1. The normalized spacial score (nSPS) is 15.9. The summed E-state index contributed by atoms with van der Waals surface area (Å²) >= 11 is 0. The molecule has 1 unspecified atom stereocenters. The van der Waals surface area contributed by atoms with Crippen LogP contribution >= 0.6 is 0 Å². The smallest absolute Gasteiger partial charge is 0.274 e. The van der Waals surface area contributed by atoms with Gasteiger partial charge in [-0.3, -0.25) is 4.79 Å². The van der Waals surface area contributed by atoms with E-state index in [0.717, 1.165) is 6.54 Å². The Morgan fingerprint density at radius 3 is 2.93 bits per heavy atom. The third-order valence-electron chi connectivity index (χ3n) is 3.94. The lowest BCUT2D eigenvalue weighted by molar-refractivity contribution is 0.0372. The zero-order chi connectivity index (χ0) is 20.5. The summed E-state index contributed by atoms with van der Waals surface area (Å²) in [5, 5.41) is 28.4. The quantitative estimate of drug-likeness (QED) is 0.475. The summed E-state index contributed by atoms with van der Waals surface area (Å²) in [6, 6.07) is 3.48. The lowest BCUT2D eigenvalue weighted by Gasteiger charge is -2.24. The summed E-state index contributed by atoms with van der Waals surface area (Å²) in [5.41, 5.74) is 0.637. The molecule has 1 amide bonds. The number of nitriles is 1. The van der Waals surface area contributed by atoms with Gasteiger partial charge < -0.3 is 26.0 Å². The highest BCUT2D eigenvalue weighted by molar-refractivity contribution is 5.97. The van der Waals surface area contributed by atoms with Gasteiger partial charge in [0.2, 0.25) is 0 Å². The summed E-state index contributed by atoms with van der Waals surface area (Å²) < 4.78 is 18.0. The van der Waals surface area contributed by atoms with Crippen molar-refractivity contribution in [2.75, 3.05) is 50.1 Å².